The largest absolute Gasteiger partial charge is 1.00 e. The van der Waals surface area contributed by atoms with Crippen LogP contribution >= 0.6 is 38.9 Å². The maximum atomic E-state index is 9.51. The maximum absolute atomic E-state index is 9.51. The molecule has 78 valence electrons. The molecule has 0 aliphatic carbocycles. The maximum Gasteiger partial charge on any atom is 1.00 e. The average molecular weight is 282 g/mol. The Hall–Kier alpha value is 2.02. The smallest absolute Gasteiger partial charge is 1.00 e. The fourth-order valence-electron chi connectivity index (χ4n) is 0.300. The zero-order valence-electron chi connectivity index (χ0n) is 9.30. The van der Waals surface area contributed by atoms with E-state index in [1.807, 2.05) is 0 Å². The van der Waals surface area contributed by atoms with Crippen molar-refractivity contribution in [3.8, 4) is 0 Å². The summed E-state index contributed by atoms with van der Waals surface area (Å²) in [5, 5.41) is 5.16. The van der Waals surface area contributed by atoms with Gasteiger partial charge in [-0.1, -0.05) is 0 Å². The molecule has 0 saturated heterocycles. The average Bonchev–Trinajstić information content (AvgIpc) is 1.54. The van der Waals surface area contributed by atoms with E-state index in [0.717, 1.165) is 11.0 Å². The van der Waals surface area contributed by atoms with Crippen molar-refractivity contribution in [2.24, 2.45) is 0 Å². The van der Waals surface area contributed by atoms with Crippen LogP contribution in [0, 0.1) is 0 Å². The van der Waals surface area contributed by atoms with Crippen LogP contribution in [0.3, 0.4) is 0 Å². The Bertz CT molecular complexity index is 155. The van der Waals surface area contributed by atoms with Gasteiger partial charge in [-0.3, -0.25) is 4.57 Å². The van der Waals surface area contributed by atoms with E-state index < -0.39 is 5.20 Å². The molecule has 0 saturated carbocycles. The normalized spacial score (nSPS) is 11.0. The molecule has 0 amide bonds. The van der Waals surface area contributed by atoms with Gasteiger partial charge in [0, 0.05) is 0 Å². The second-order valence-corrected chi connectivity index (χ2v) is 9.78. The Kier molecular flexibility index (Phi) is 14.6. The number of hydrogen-bond acceptors (Lipinski definition) is 2. The third-order valence-electron chi connectivity index (χ3n) is 0.771. The first-order valence-corrected chi connectivity index (χ1v) is 7.59. The van der Waals surface area contributed by atoms with Crippen molar-refractivity contribution in [1.82, 2.24) is 0 Å². The molecule has 0 rings (SSSR count). The first kappa shape index (κ1) is 20.4. The van der Waals surface area contributed by atoms with Crippen LogP contribution in [0.2, 0.25) is 0 Å². The van der Waals surface area contributed by atoms with Gasteiger partial charge in [0.05, 0.1) is 27.7 Å². The van der Waals surface area contributed by atoms with E-state index in [2.05, 4.69) is 54.9 Å². The molecule has 0 fully saturated rings. The Morgan fingerprint density at radius 2 is 1.54 bits per heavy atom. The SMILES string of the molecule is C[N+](C)(C)CCO.O=P(Cl)(Cl)Cl.[H-].[Na+]. The van der Waals surface area contributed by atoms with Gasteiger partial charge in [0.2, 0.25) is 0 Å². The van der Waals surface area contributed by atoms with Gasteiger partial charge in [-0.25, -0.2) is 0 Å². The summed E-state index contributed by atoms with van der Waals surface area (Å²) < 4.78 is 10.4. The molecule has 0 aromatic rings. The predicted molar refractivity (Wildman–Crippen MR) is 56.3 cm³/mol. The Balaban J connectivity index is -0.0000000651. The van der Waals surface area contributed by atoms with Crippen LogP contribution in [0.1, 0.15) is 1.43 Å². The van der Waals surface area contributed by atoms with Crippen LogP contribution in [0.15, 0.2) is 0 Å². The van der Waals surface area contributed by atoms with Gasteiger partial charge in [0.1, 0.15) is 6.54 Å². The molecular weight excluding hydrogens is 266 g/mol. The molecule has 0 bridgehead atoms. The van der Waals surface area contributed by atoms with Gasteiger partial charge in [-0.2, -0.15) is 0 Å². The predicted octanol–water partition coefficient (Wildman–Crippen LogP) is -0.388. The van der Waals surface area contributed by atoms with E-state index in [0.29, 0.717) is 0 Å². The summed E-state index contributed by atoms with van der Waals surface area (Å²) >= 11 is 13.8. The van der Waals surface area contributed by atoms with Crippen molar-refractivity contribution in [3.63, 3.8) is 0 Å². The number of quaternary nitrogens is 1. The summed E-state index contributed by atoms with van der Waals surface area (Å²) in [5.41, 5.74) is 0. The van der Waals surface area contributed by atoms with Gasteiger partial charge in [-0.15, -0.1) is 0 Å². The molecule has 0 radical (unpaired) electrons. The van der Waals surface area contributed by atoms with E-state index >= 15 is 0 Å². The molecule has 13 heavy (non-hydrogen) atoms. The summed E-state index contributed by atoms with van der Waals surface area (Å²) in [6.07, 6.45) is 0. The van der Waals surface area contributed by atoms with Crippen molar-refractivity contribution in [2.75, 3.05) is 34.3 Å². The molecular formula is C5H15Cl3NNaO2P+. The van der Waals surface area contributed by atoms with Crippen LogP contribution in [0.25, 0.3) is 0 Å². The fourth-order valence-corrected chi connectivity index (χ4v) is 0.300. The second-order valence-electron chi connectivity index (χ2n) is 3.14. The number of hydrogen-bond donors (Lipinski definition) is 1. The zero-order chi connectivity index (χ0) is 10.4. The minimum atomic E-state index is -3.22. The molecule has 0 unspecified atom stereocenters. The van der Waals surface area contributed by atoms with Crippen molar-refractivity contribution < 1.29 is 45.1 Å². The van der Waals surface area contributed by atoms with Gasteiger partial charge >= 0.3 is 34.8 Å². The van der Waals surface area contributed by atoms with Gasteiger partial charge in [0.15, 0.2) is 0 Å². The van der Waals surface area contributed by atoms with E-state index in [1.54, 1.807) is 0 Å². The molecule has 0 aromatic carbocycles. The van der Waals surface area contributed by atoms with Crippen molar-refractivity contribution in [3.05, 3.63) is 0 Å². The fraction of sp³-hybridized carbons (Fsp3) is 1.00. The molecule has 1 N–H and O–H groups in total. The van der Waals surface area contributed by atoms with Gasteiger partial charge in [0.25, 0.3) is 0 Å². The minimum absolute atomic E-state index is 0. The number of halogens is 3. The van der Waals surface area contributed by atoms with Gasteiger partial charge < -0.3 is 11.0 Å². The molecule has 0 heterocycles. The standard InChI is InChI=1S/C5H14NO.Cl3OP.Na.H/c1-6(2,3)4-5-7;1-5(2,3)4;;/h7H,4-5H2,1-3H3;;;/q+1;;+1;-1. The van der Waals surface area contributed by atoms with E-state index in [1.165, 1.54) is 0 Å². The molecule has 0 spiro atoms. The van der Waals surface area contributed by atoms with E-state index in [9.17, 15) is 4.57 Å². The Morgan fingerprint density at radius 1 is 1.31 bits per heavy atom. The second kappa shape index (κ2) is 9.26. The Morgan fingerprint density at radius 3 is 1.54 bits per heavy atom. The van der Waals surface area contributed by atoms with Crippen molar-refractivity contribution >= 4 is 38.9 Å². The monoisotopic (exact) mass is 280 g/mol. The van der Waals surface area contributed by atoms with E-state index in [4.69, 9.17) is 5.11 Å². The minimum Gasteiger partial charge on any atom is -1.00 e. The van der Waals surface area contributed by atoms with Crippen LogP contribution in [-0.2, 0) is 4.57 Å². The van der Waals surface area contributed by atoms with Gasteiger partial charge in [-0.05, 0) is 33.7 Å². The first-order valence-electron chi connectivity index (χ1n) is 3.16. The molecule has 3 nitrogen and oxygen atoms in total. The van der Waals surface area contributed by atoms with Crippen molar-refractivity contribution in [2.45, 2.75) is 0 Å². The topological polar surface area (TPSA) is 37.3 Å². The molecule has 0 aliphatic rings. The van der Waals surface area contributed by atoms with E-state index in [-0.39, 0.29) is 37.6 Å². The molecule has 0 aliphatic heterocycles. The summed E-state index contributed by atoms with van der Waals surface area (Å²) in [6.45, 7) is 1.11. The van der Waals surface area contributed by atoms with Crippen LogP contribution < -0.4 is 29.6 Å². The summed E-state index contributed by atoms with van der Waals surface area (Å²) in [4.78, 5) is 0. The van der Waals surface area contributed by atoms with Crippen molar-refractivity contribution in [1.29, 1.82) is 0 Å². The molecule has 8 heteroatoms. The third-order valence-corrected chi connectivity index (χ3v) is 0.771. The summed E-state index contributed by atoms with van der Waals surface area (Å²) in [5.74, 6) is 0. The van der Waals surface area contributed by atoms with Crippen LogP contribution in [0.4, 0.5) is 0 Å². The molecule has 0 aromatic heterocycles. The summed E-state index contributed by atoms with van der Waals surface area (Å²) in [7, 11) is 6.16. The first-order chi connectivity index (χ1) is 5.06. The Labute approximate surface area is 117 Å². The number of nitrogens with zero attached hydrogens (tertiary/aromatic N) is 1. The zero-order valence-corrected chi connectivity index (χ0v) is 13.5. The quantitative estimate of drug-likeness (QED) is 0.425. The van der Waals surface area contributed by atoms with Crippen LogP contribution in [-0.4, -0.2) is 43.9 Å². The summed E-state index contributed by atoms with van der Waals surface area (Å²) in [6, 6.07) is 0. The number of likely N-dealkylation sites (N-methyl/N-ethyl adjacent to an activating group) is 1. The number of aliphatic hydroxyl groups is 1. The van der Waals surface area contributed by atoms with Crippen LogP contribution in [0.5, 0.6) is 0 Å². The molecule has 0 atom stereocenters. The number of rotatable bonds is 2. The third kappa shape index (κ3) is 55.9. The number of aliphatic hydroxyl groups excluding tert-OH is 1.